The second kappa shape index (κ2) is 15.2. The van der Waals surface area contributed by atoms with Gasteiger partial charge in [0.25, 0.3) is 5.91 Å². The smallest absolute Gasteiger partial charge is 0.254 e. The van der Waals surface area contributed by atoms with Gasteiger partial charge in [-0.25, -0.2) is 4.99 Å². The Balaban J connectivity index is 1.30. The van der Waals surface area contributed by atoms with E-state index in [2.05, 4.69) is 15.6 Å². The van der Waals surface area contributed by atoms with E-state index in [9.17, 15) is 35.4 Å². The highest BCUT2D eigenvalue weighted by atomic mass is 16.7. The minimum Gasteiger partial charge on any atom is -0.394 e. The van der Waals surface area contributed by atoms with Crippen molar-refractivity contribution in [3.05, 3.63) is 0 Å². The van der Waals surface area contributed by atoms with Gasteiger partial charge in [0, 0.05) is 25.0 Å². The number of guanidine groups is 1. The molecule has 16 atom stereocenters. The van der Waals surface area contributed by atoms with Crippen LogP contribution in [0.15, 0.2) is 4.99 Å². The first-order chi connectivity index (χ1) is 22.6. The first kappa shape index (κ1) is 37.4. The number of hydrogen-bond donors (Lipinski definition) is 14. The fourth-order valence-corrected chi connectivity index (χ4v) is 6.99. The number of aliphatic hydroxyl groups excluding tert-OH is 5. The van der Waals surface area contributed by atoms with E-state index in [-0.39, 0.29) is 31.3 Å². The van der Waals surface area contributed by atoms with E-state index in [1.165, 1.54) is 0 Å². The lowest BCUT2D eigenvalue weighted by molar-refractivity contribution is -0.316. The highest BCUT2D eigenvalue weighted by Gasteiger charge is 2.61. The van der Waals surface area contributed by atoms with Crippen LogP contribution in [-0.2, 0) is 23.7 Å². The van der Waals surface area contributed by atoms with Gasteiger partial charge in [-0.05, 0) is 38.1 Å². The van der Waals surface area contributed by atoms with Gasteiger partial charge in [-0.15, -0.1) is 0 Å². The third kappa shape index (κ3) is 8.03. The van der Waals surface area contributed by atoms with Gasteiger partial charge in [-0.1, -0.05) is 0 Å². The van der Waals surface area contributed by atoms with Crippen LogP contribution in [0.5, 0.6) is 0 Å². The van der Waals surface area contributed by atoms with Crippen molar-refractivity contribution < 1.29 is 54.4 Å². The lowest BCUT2D eigenvalue weighted by atomic mass is 9.81. The molecule has 20 heteroatoms. The summed E-state index contributed by atoms with van der Waals surface area (Å²) in [6.45, 7) is 0.375. The molecular weight excluding hydrogens is 638 g/mol. The Hall–Kier alpha value is -1.86. The Labute approximate surface area is 277 Å². The molecule has 2 saturated heterocycles. The Morgan fingerprint density at radius 2 is 1.52 bits per heavy atom. The van der Waals surface area contributed by atoms with Crippen molar-refractivity contribution in [2.45, 2.75) is 135 Å². The molecule has 5 aliphatic rings. The molecule has 3 aliphatic carbocycles. The van der Waals surface area contributed by atoms with Gasteiger partial charge >= 0.3 is 0 Å². The maximum Gasteiger partial charge on any atom is 0.254 e. The number of aliphatic hydroxyl groups is 6. The van der Waals surface area contributed by atoms with E-state index in [4.69, 9.17) is 53.3 Å². The molecule has 20 nitrogen and oxygen atoms in total. The molecule has 1 amide bonds. The molecule has 0 aromatic rings. The van der Waals surface area contributed by atoms with E-state index in [0.29, 0.717) is 19.0 Å². The van der Waals surface area contributed by atoms with Crippen LogP contribution in [0.25, 0.3) is 0 Å². The molecule has 2 heterocycles. The van der Waals surface area contributed by atoms with Crippen LogP contribution in [0.2, 0.25) is 0 Å². The fourth-order valence-electron chi connectivity index (χ4n) is 6.99. The monoisotopic (exact) mass is 691 g/mol. The van der Waals surface area contributed by atoms with Gasteiger partial charge in [0.05, 0.1) is 43.0 Å². The standard InChI is InChI=1S/C28H53N9O11/c29-10-1-9(2-10)6-35-7-15-14(39)4-12(31)24(45-15)47-22-11(30)3-13(36-26(43)28(44)5-17(28)37-27(33)34)23(21(22)42)48-25-20(41)18(32)19(40)16(8-38)46-25/h9-25,35,38-42,44H,1-8,29-32H2,(H,36,43)(H4,33,34,37)/t9?,10?,11-,12+,13+,14-,15+,16+,17?,18-,19+,20+,21-,22+,23-,24+,25+,28?/m0/s1. The zero-order valence-corrected chi connectivity index (χ0v) is 26.6. The minimum atomic E-state index is -1.93. The summed E-state index contributed by atoms with van der Waals surface area (Å²) in [4.78, 5) is 17.1. The Bertz CT molecular complexity index is 1130. The molecular formula is C28H53N9O11. The molecule has 2 aliphatic heterocycles. The summed E-state index contributed by atoms with van der Waals surface area (Å²) in [5, 5.41) is 69.9. The first-order valence-electron chi connectivity index (χ1n) is 16.4. The van der Waals surface area contributed by atoms with E-state index in [1.54, 1.807) is 0 Å². The normalized spacial score (nSPS) is 49.1. The maximum atomic E-state index is 13.2. The molecule has 276 valence electrons. The number of amides is 1. The summed E-state index contributed by atoms with van der Waals surface area (Å²) in [6.07, 6.45) is -10.8. The van der Waals surface area contributed by atoms with Crippen molar-refractivity contribution in [2.75, 3.05) is 19.7 Å². The number of nitrogens with two attached hydrogens (primary N) is 6. The molecule has 0 bridgehead atoms. The van der Waals surface area contributed by atoms with Crippen molar-refractivity contribution >= 4 is 11.9 Å². The zero-order valence-electron chi connectivity index (χ0n) is 26.6. The highest BCUT2D eigenvalue weighted by molar-refractivity contribution is 5.90. The number of hydrogen-bond acceptors (Lipinski definition) is 17. The third-order valence-electron chi connectivity index (χ3n) is 10.1. The average molecular weight is 692 g/mol. The van der Waals surface area contributed by atoms with Crippen LogP contribution in [-0.4, -0.2) is 165 Å². The van der Waals surface area contributed by atoms with Crippen LogP contribution in [0.1, 0.15) is 32.1 Å². The number of ether oxygens (including phenoxy) is 4. The molecule has 20 N–H and O–H groups in total. The van der Waals surface area contributed by atoms with Crippen molar-refractivity contribution in [3.63, 3.8) is 0 Å². The molecule has 5 rings (SSSR count). The fraction of sp³-hybridized carbons (Fsp3) is 0.929. The van der Waals surface area contributed by atoms with Gasteiger partial charge in [-0.2, -0.15) is 0 Å². The predicted molar refractivity (Wildman–Crippen MR) is 166 cm³/mol. The van der Waals surface area contributed by atoms with E-state index in [1.807, 2.05) is 0 Å². The van der Waals surface area contributed by atoms with Crippen molar-refractivity contribution in [3.8, 4) is 0 Å². The SMILES string of the molecule is NC(N)=NC1CC1(O)C(=O)N[C@@H]1C[C@H](N)[C@@H](O[C@H]2O[C@H](CNCC3CC(N)C3)[C@@H](O)C[C@H]2N)[C@H](O)[C@H]1O[C@H]1O[C@H](CO)[C@@H](O)[C@H](N)[C@H]1O. The number of carbonyl (C=O) groups is 1. The number of nitrogens with one attached hydrogen (secondary N) is 2. The molecule has 0 spiro atoms. The van der Waals surface area contributed by atoms with Crippen LogP contribution >= 0.6 is 0 Å². The van der Waals surface area contributed by atoms with Gasteiger partial charge in [0.2, 0.25) is 0 Å². The second-order valence-electron chi connectivity index (χ2n) is 13.9. The Kier molecular flexibility index (Phi) is 11.8. The van der Waals surface area contributed by atoms with Crippen LogP contribution in [0.3, 0.4) is 0 Å². The van der Waals surface area contributed by atoms with Gasteiger partial charge in [0.1, 0.15) is 36.6 Å². The van der Waals surface area contributed by atoms with Crippen molar-refractivity contribution in [1.82, 2.24) is 10.6 Å². The quantitative estimate of drug-likeness (QED) is 0.0667. The number of rotatable bonds is 12. The van der Waals surface area contributed by atoms with Crippen molar-refractivity contribution in [2.24, 2.45) is 45.3 Å². The van der Waals surface area contributed by atoms with Crippen molar-refractivity contribution in [1.29, 1.82) is 0 Å². The predicted octanol–water partition coefficient (Wildman–Crippen LogP) is -7.99. The summed E-state index contributed by atoms with van der Waals surface area (Å²) < 4.78 is 23.8. The van der Waals surface area contributed by atoms with E-state index < -0.39 is 110 Å². The average Bonchev–Trinajstić information content (AvgIpc) is 3.66. The minimum absolute atomic E-state index is 0.0579. The summed E-state index contributed by atoms with van der Waals surface area (Å²) in [5.41, 5.74) is 33.5. The van der Waals surface area contributed by atoms with Crippen LogP contribution in [0, 0.1) is 5.92 Å². The summed E-state index contributed by atoms with van der Waals surface area (Å²) >= 11 is 0. The second-order valence-corrected chi connectivity index (χ2v) is 13.9. The maximum absolute atomic E-state index is 13.2. The molecule has 3 saturated carbocycles. The Morgan fingerprint density at radius 1 is 0.854 bits per heavy atom. The lowest BCUT2D eigenvalue weighted by Gasteiger charge is -2.48. The highest BCUT2D eigenvalue weighted by Crippen LogP contribution is 2.40. The molecule has 0 radical (unpaired) electrons. The topological polar surface area (TPSA) is 368 Å². The van der Waals surface area contributed by atoms with Crippen LogP contribution in [0.4, 0.5) is 0 Å². The Morgan fingerprint density at radius 3 is 2.17 bits per heavy atom. The van der Waals surface area contributed by atoms with Gasteiger partial charge in [-0.3, -0.25) is 4.79 Å². The number of carbonyl (C=O) groups excluding carboxylic acids is 1. The number of nitrogens with zero attached hydrogens (tertiary/aromatic N) is 1. The molecule has 5 fully saturated rings. The van der Waals surface area contributed by atoms with E-state index in [0.717, 1.165) is 12.8 Å². The summed E-state index contributed by atoms with van der Waals surface area (Å²) in [5.74, 6) is -0.714. The van der Waals surface area contributed by atoms with E-state index >= 15 is 0 Å². The van der Waals surface area contributed by atoms with Gasteiger partial charge < -0.3 is 94.6 Å². The molecule has 0 aromatic carbocycles. The zero-order chi connectivity index (χ0) is 35.1. The molecule has 2 unspecified atom stereocenters. The van der Waals surface area contributed by atoms with Crippen LogP contribution < -0.4 is 45.0 Å². The van der Waals surface area contributed by atoms with Gasteiger partial charge in [0.15, 0.2) is 24.1 Å². The lowest BCUT2D eigenvalue weighted by Crippen LogP contribution is -2.69. The summed E-state index contributed by atoms with van der Waals surface area (Å²) in [6, 6.07) is -4.78. The number of aliphatic imine (C=N–C) groups is 1. The largest absolute Gasteiger partial charge is 0.394 e. The third-order valence-corrected chi connectivity index (χ3v) is 10.1. The molecule has 0 aromatic heterocycles. The first-order valence-corrected chi connectivity index (χ1v) is 16.4. The summed E-state index contributed by atoms with van der Waals surface area (Å²) in [7, 11) is 0. The molecule has 48 heavy (non-hydrogen) atoms.